The van der Waals surface area contributed by atoms with E-state index in [9.17, 15) is 20.1 Å². The zero-order valence-corrected chi connectivity index (χ0v) is 16.3. The fourth-order valence-electron chi connectivity index (χ4n) is 3.53. The zero-order chi connectivity index (χ0) is 19.8. The van der Waals surface area contributed by atoms with Crippen LogP contribution in [0.5, 0.6) is 0 Å². The van der Waals surface area contributed by atoms with E-state index in [1.807, 2.05) is 30.3 Å². The van der Waals surface area contributed by atoms with E-state index in [-0.39, 0.29) is 5.91 Å². The molecule has 0 radical (unpaired) electrons. The van der Waals surface area contributed by atoms with Crippen LogP contribution >= 0.6 is 11.8 Å². The number of hydrogen-bond donors (Lipinski definition) is 1. The number of carbonyl (C=O) groups is 2. The number of hydrogen-bond acceptors (Lipinski definition) is 5. The van der Waals surface area contributed by atoms with Gasteiger partial charge in [-0.15, -0.1) is 0 Å². The van der Waals surface area contributed by atoms with E-state index in [2.05, 4.69) is 11.4 Å². The van der Waals surface area contributed by atoms with Gasteiger partial charge in [0.1, 0.15) is 5.92 Å². The molecule has 1 aromatic rings. The van der Waals surface area contributed by atoms with Crippen molar-refractivity contribution in [3.8, 4) is 12.1 Å². The summed E-state index contributed by atoms with van der Waals surface area (Å²) in [6, 6.07) is 11.9. The van der Waals surface area contributed by atoms with Crippen molar-refractivity contribution in [2.24, 2.45) is 11.3 Å². The largest absolute Gasteiger partial charge is 0.319 e. The number of rotatable bonds is 3. The number of nitrogens with zero attached hydrogens (tertiary/aromatic N) is 3. The molecule has 1 aromatic carbocycles. The number of nitriles is 2. The standard InChI is InChI=1S/C20H20N4O2S/c1-12(19(26)24-9-8-13-6-4-5-7-16(13)24)27-18-15(11-22)20(2,3)14(10-21)17(25)23-18/h4-7,12,14H,8-9H2,1-3H3,(H,23,25)/t12-,14+/m0/s1. The number of para-hydroxylation sites is 1. The molecule has 3 rings (SSSR count). The SMILES string of the molecule is C[C@H](SC1=C(C#N)C(C)(C)[C@H](C#N)C(=O)N1)C(=O)N1CCc2ccccc21. The molecule has 0 aromatic heterocycles. The Labute approximate surface area is 162 Å². The Bertz CT molecular complexity index is 923. The van der Waals surface area contributed by atoms with Crippen molar-refractivity contribution in [3.63, 3.8) is 0 Å². The van der Waals surface area contributed by atoms with Crippen LogP contribution in [0.2, 0.25) is 0 Å². The third kappa shape index (κ3) is 3.20. The van der Waals surface area contributed by atoms with Crippen molar-refractivity contribution in [2.45, 2.75) is 32.4 Å². The Morgan fingerprint density at radius 2 is 2.07 bits per heavy atom. The first kappa shape index (κ1) is 19.0. The van der Waals surface area contributed by atoms with E-state index in [0.717, 1.165) is 17.7 Å². The Kier molecular flexibility index (Phi) is 4.99. The first-order valence-corrected chi connectivity index (χ1v) is 9.60. The highest BCUT2D eigenvalue weighted by molar-refractivity contribution is 8.04. The third-order valence-electron chi connectivity index (χ3n) is 5.13. The topological polar surface area (TPSA) is 97.0 Å². The minimum absolute atomic E-state index is 0.0656. The predicted molar refractivity (Wildman–Crippen MR) is 103 cm³/mol. The summed E-state index contributed by atoms with van der Waals surface area (Å²) in [4.78, 5) is 27.0. The number of amides is 2. The molecule has 7 heteroatoms. The molecule has 2 atom stereocenters. The van der Waals surface area contributed by atoms with Gasteiger partial charge in [0, 0.05) is 17.6 Å². The van der Waals surface area contributed by atoms with Crippen LogP contribution in [0.4, 0.5) is 5.69 Å². The molecule has 27 heavy (non-hydrogen) atoms. The highest BCUT2D eigenvalue weighted by Gasteiger charge is 2.45. The van der Waals surface area contributed by atoms with Gasteiger partial charge in [-0.25, -0.2) is 0 Å². The predicted octanol–water partition coefficient (Wildman–Crippen LogP) is 2.73. The highest BCUT2D eigenvalue weighted by Crippen LogP contribution is 2.43. The molecule has 0 unspecified atom stereocenters. The van der Waals surface area contributed by atoms with Gasteiger partial charge in [0.2, 0.25) is 11.8 Å². The van der Waals surface area contributed by atoms with E-state index in [1.165, 1.54) is 11.8 Å². The number of benzene rings is 1. The normalized spacial score (nSPS) is 21.7. The summed E-state index contributed by atoms with van der Waals surface area (Å²) in [6.07, 6.45) is 0.819. The lowest BCUT2D eigenvalue weighted by atomic mass is 9.72. The van der Waals surface area contributed by atoms with Crippen LogP contribution < -0.4 is 10.2 Å². The van der Waals surface area contributed by atoms with Crippen LogP contribution in [0.1, 0.15) is 26.3 Å². The number of thioether (sulfide) groups is 1. The number of anilines is 1. The third-order valence-corrected chi connectivity index (χ3v) is 6.23. The Morgan fingerprint density at radius 3 is 2.74 bits per heavy atom. The van der Waals surface area contributed by atoms with Crippen molar-refractivity contribution in [2.75, 3.05) is 11.4 Å². The van der Waals surface area contributed by atoms with E-state index >= 15 is 0 Å². The lowest BCUT2D eigenvalue weighted by Gasteiger charge is -2.35. The van der Waals surface area contributed by atoms with Gasteiger partial charge < -0.3 is 10.2 Å². The lowest BCUT2D eigenvalue weighted by Crippen LogP contribution is -2.45. The molecular formula is C20H20N4O2S. The van der Waals surface area contributed by atoms with Crippen LogP contribution in [0, 0.1) is 34.0 Å². The number of carbonyl (C=O) groups excluding carboxylic acids is 2. The molecule has 0 spiro atoms. The highest BCUT2D eigenvalue weighted by atomic mass is 32.2. The molecular weight excluding hydrogens is 360 g/mol. The Balaban J connectivity index is 1.85. The molecule has 0 saturated heterocycles. The lowest BCUT2D eigenvalue weighted by molar-refractivity contribution is -0.125. The fraction of sp³-hybridized carbons (Fsp3) is 0.400. The quantitative estimate of drug-likeness (QED) is 0.870. The smallest absolute Gasteiger partial charge is 0.243 e. The average Bonchev–Trinajstić information content (AvgIpc) is 3.04. The summed E-state index contributed by atoms with van der Waals surface area (Å²) in [5.74, 6) is -1.44. The molecule has 6 nitrogen and oxygen atoms in total. The second-order valence-electron chi connectivity index (χ2n) is 7.22. The van der Waals surface area contributed by atoms with Crippen molar-refractivity contribution in [1.82, 2.24) is 5.32 Å². The van der Waals surface area contributed by atoms with Crippen LogP contribution in [0.3, 0.4) is 0 Å². The van der Waals surface area contributed by atoms with Gasteiger partial charge in [0.25, 0.3) is 0 Å². The number of allylic oxidation sites excluding steroid dienone is 1. The maximum Gasteiger partial charge on any atom is 0.243 e. The van der Waals surface area contributed by atoms with Crippen molar-refractivity contribution in [1.29, 1.82) is 10.5 Å². The van der Waals surface area contributed by atoms with Crippen molar-refractivity contribution in [3.05, 3.63) is 40.4 Å². The Hall–Kier alpha value is -2.77. The second-order valence-corrected chi connectivity index (χ2v) is 8.57. The molecule has 0 aliphatic carbocycles. The van der Waals surface area contributed by atoms with Gasteiger partial charge in [0.05, 0.1) is 28.0 Å². The minimum atomic E-state index is -0.937. The zero-order valence-electron chi connectivity index (χ0n) is 15.4. The van der Waals surface area contributed by atoms with Gasteiger partial charge >= 0.3 is 0 Å². The molecule has 0 saturated carbocycles. The maximum absolute atomic E-state index is 13.0. The van der Waals surface area contributed by atoms with Gasteiger partial charge in [-0.3, -0.25) is 9.59 Å². The molecule has 1 N–H and O–H groups in total. The monoisotopic (exact) mass is 380 g/mol. The second kappa shape index (κ2) is 7.09. The summed E-state index contributed by atoms with van der Waals surface area (Å²) in [5.41, 5.74) is 1.49. The van der Waals surface area contributed by atoms with E-state index < -0.39 is 22.5 Å². The first-order valence-electron chi connectivity index (χ1n) is 8.72. The van der Waals surface area contributed by atoms with E-state index in [0.29, 0.717) is 17.1 Å². The van der Waals surface area contributed by atoms with Crippen LogP contribution in [-0.4, -0.2) is 23.6 Å². The molecule has 2 heterocycles. The molecule has 2 aliphatic rings. The van der Waals surface area contributed by atoms with E-state index in [4.69, 9.17) is 0 Å². The average molecular weight is 380 g/mol. The Morgan fingerprint density at radius 1 is 1.37 bits per heavy atom. The first-order chi connectivity index (χ1) is 12.8. The van der Waals surface area contributed by atoms with Gasteiger partial charge in [-0.1, -0.05) is 43.8 Å². The van der Waals surface area contributed by atoms with Gasteiger partial charge in [-0.2, -0.15) is 10.5 Å². The molecule has 2 amide bonds. The van der Waals surface area contributed by atoms with Crippen molar-refractivity contribution >= 4 is 29.3 Å². The van der Waals surface area contributed by atoms with Crippen molar-refractivity contribution < 1.29 is 9.59 Å². The van der Waals surface area contributed by atoms with Crippen LogP contribution in [0.25, 0.3) is 0 Å². The van der Waals surface area contributed by atoms with Crippen LogP contribution in [-0.2, 0) is 16.0 Å². The number of fused-ring (bicyclic) bond motifs is 1. The molecule has 138 valence electrons. The molecule has 0 bridgehead atoms. The summed E-state index contributed by atoms with van der Waals surface area (Å²) < 4.78 is 0. The summed E-state index contributed by atoms with van der Waals surface area (Å²) >= 11 is 1.17. The van der Waals surface area contributed by atoms with Gasteiger partial charge in [0.15, 0.2) is 0 Å². The summed E-state index contributed by atoms with van der Waals surface area (Å²) in [7, 11) is 0. The van der Waals surface area contributed by atoms with Gasteiger partial charge in [-0.05, 0) is 25.0 Å². The van der Waals surface area contributed by atoms with Crippen LogP contribution in [0.15, 0.2) is 34.9 Å². The maximum atomic E-state index is 13.0. The number of nitrogens with one attached hydrogen (secondary N) is 1. The van der Waals surface area contributed by atoms with E-state index in [1.54, 1.807) is 25.7 Å². The fourth-order valence-corrected chi connectivity index (χ4v) is 4.70. The minimum Gasteiger partial charge on any atom is -0.319 e. The summed E-state index contributed by atoms with van der Waals surface area (Å²) in [5, 5.41) is 21.4. The molecule has 0 fully saturated rings. The summed E-state index contributed by atoms with van der Waals surface area (Å²) in [6.45, 7) is 5.82. The molecule has 2 aliphatic heterocycles.